The lowest BCUT2D eigenvalue weighted by atomic mass is 10.0. The number of carbonyl (C=O) groups excluding carboxylic acids is 1. The number of furan rings is 1. The van der Waals surface area contributed by atoms with Gasteiger partial charge in [-0.05, 0) is 63.4 Å². The lowest BCUT2D eigenvalue weighted by Crippen LogP contribution is -2.58. The van der Waals surface area contributed by atoms with Gasteiger partial charge in [0.25, 0.3) is 5.91 Å². The number of benzene rings is 1. The topological polar surface area (TPSA) is 36.7 Å². The van der Waals surface area contributed by atoms with E-state index in [4.69, 9.17) is 4.42 Å². The molecule has 0 N–H and O–H groups in total. The zero-order chi connectivity index (χ0) is 17.8. The van der Waals surface area contributed by atoms with Crippen LogP contribution in [0.25, 0.3) is 0 Å². The zero-order valence-electron chi connectivity index (χ0n) is 15.4. The summed E-state index contributed by atoms with van der Waals surface area (Å²) in [5, 5.41) is 0. The van der Waals surface area contributed by atoms with Gasteiger partial charge < -0.3 is 9.32 Å². The highest BCUT2D eigenvalue weighted by Crippen LogP contribution is 2.19. The van der Waals surface area contributed by atoms with Crippen molar-refractivity contribution in [2.24, 2.45) is 0 Å². The van der Waals surface area contributed by atoms with Crippen LogP contribution in [0, 0.1) is 6.92 Å². The molecule has 0 saturated carbocycles. The van der Waals surface area contributed by atoms with Crippen molar-refractivity contribution in [3.8, 4) is 0 Å². The molecule has 1 aromatic carbocycles. The summed E-state index contributed by atoms with van der Waals surface area (Å²) in [6.07, 6.45) is 3.82. The van der Waals surface area contributed by atoms with Gasteiger partial charge >= 0.3 is 0 Å². The quantitative estimate of drug-likeness (QED) is 0.832. The maximum absolute atomic E-state index is 12.6. The Hall–Kier alpha value is -2.07. The summed E-state index contributed by atoms with van der Waals surface area (Å²) in [5.41, 5.74) is 2.81. The molecule has 0 unspecified atom stereocenters. The van der Waals surface area contributed by atoms with E-state index >= 15 is 0 Å². The average molecular weight is 340 g/mol. The molecule has 25 heavy (non-hydrogen) atoms. The molecule has 134 valence electrons. The van der Waals surface area contributed by atoms with Crippen molar-refractivity contribution in [3.63, 3.8) is 0 Å². The van der Waals surface area contributed by atoms with E-state index in [0.717, 1.165) is 32.5 Å². The third-order valence-electron chi connectivity index (χ3n) is 5.26. The van der Waals surface area contributed by atoms with E-state index in [2.05, 4.69) is 49.9 Å². The van der Waals surface area contributed by atoms with E-state index in [9.17, 15) is 4.79 Å². The molecule has 0 bridgehead atoms. The Morgan fingerprint density at radius 1 is 1.12 bits per heavy atom. The number of rotatable bonds is 5. The normalized spacial score (nSPS) is 21.5. The fourth-order valence-corrected chi connectivity index (χ4v) is 3.70. The van der Waals surface area contributed by atoms with Gasteiger partial charge in [-0.2, -0.15) is 0 Å². The molecule has 1 aliphatic rings. The molecular formula is C21H28N2O2. The highest BCUT2D eigenvalue weighted by atomic mass is 16.3. The Morgan fingerprint density at radius 2 is 1.92 bits per heavy atom. The highest BCUT2D eigenvalue weighted by Gasteiger charge is 2.32. The molecule has 1 aliphatic heterocycles. The lowest BCUT2D eigenvalue weighted by molar-refractivity contribution is 0.0290. The van der Waals surface area contributed by atoms with Crippen LogP contribution in [0.1, 0.15) is 41.9 Å². The number of carbonyl (C=O) groups is 1. The second kappa shape index (κ2) is 7.87. The average Bonchev–Trinajstić information content (AvgIpc) is 3.13. The second-order valence-corrected chi connectivity index (χ2v) is 7.16. The van der Waals surface area contributed by atoms with E-state index in [1.54, 1.807) is 18.4 Å². The molecule has 3 rings (SSSR count). The number of amides is 1. The SMILES string of the molecule is Cc1ccccc1CCCN1C[C@@H](C)N(C(=O)c2ccco2)C[C@@H]1C. The van der Waals surface area contributed by atoms with Crippen molar-refractivity contribution in [2.75, 3.05) is 19.6 Å². The first-order valence-corrected chi connectivity index (χ1v) is 9.19. The minimum atomic E-state index is 0.00362. The van der Waals surface area contributed by atoms with Crippen molar-refractivity contribution in [1.29, 1.82) is 0 Å². The molecule has 1 fully saturated rings. The predicted octanol–water partition coefficient (Wildman–Crippen LogP) is 3.76. The molecule has 2 heterocycles. The molecule has 2 aromatic rings. The number of hydrogen-bond acceptors (Lipinski definition) is 3. The molecule has 0 radical (unpaired) electrons. The van der Waals surface area contributed by atoms with Crippen LogP contribution < -0.4 is 0 Å². The molecule has 1 amide bonds. The van der Waals surface area contributed by atoms with Crippen LogP contribution in [0.5, 0.6) is 0 Å². The van der Waals surface area contributed by atoms with E-state index in [0.29, 0.717) is 11.8 Å². The summed E-state index contributed by atoms with van der Waals surface area (Å²) in [5.74, 6) is 0.441. The van der Waals surface area contributed by atoms with Gasteiger partial charge in [0.1, 0.15) is 0 Å². The van der Waals surface area contributed by atoms with E-state index < -0.39 is 0 Å². The smallest absolute Gasteiger partial charge is 0.289 e. The summed E-state index contributed by atoms with van der Waals surface area (Å²) in [7, 11) is 0. The van der Waals surface area contributed by atoms with Crippen LogP contribution in [0.15, 0.2) is 47.1 Å². The third kappa shape index (κ3) is 4.13. The third-order valence-corrected chi connectivity index (χ3v) is 5.26. The summed E-state index contributed by atoms with van der Waals surface area (Å²) in [4.78, 5) is 17.0. The molecule has 2 atom stereocenters. The minimum Gasteiger partial charge on any atom is -0.459 e. The fourth-order valence-electron chi connectivity index (χ4n) is 3.70. The maximum Gasteiger partial charge on any atom is 0.289 e. The lowest BCUT2D eigenvalue weighted by Gasteiger charge is -2.44. The Bertz CT molecular complexity index is 696. The molecule has 1 aromatic heterocycles. The maximum atomic E-state index is 12.6. The van der Waals surface area contributed by atoms with Crippen LogP contribution in [0.4, 0.5) is 0 Å². The largest absolute Gasteiger partial charge is 0.459 e. The van der Waals surface area contributed by atoms with E-state index in [-0.39, 0.29) is 11.9 Å². The van der Waals surface area contributed by atoms with Gasteiger partial charge in [-0.25, -0.2) is 0 Å². The van der Waals surface area contributed by atoms with E-state index in [1.807, 2.05) is 4.90 Å². The number of nitrogens with zero attached hydrogens (tertiary/aromatic N) is 2. The van der Waals surface area contributed by atoms with Crippen LogP contribution in [0.2, 0.25) is 0 Å². The molecule has 0 aliphatic carbocycles. The molecule has 4 heteroatoms. The highest BCUT2D eigenvalue weighted by molar-refractivity contribution is 5.91. The van der Waals surface area contributed by atoms with Crippen LogP contribution in [-0.4, -0.2) is 47.4 Å². The van der Waals surface area contributed by atoms with Crippen molar-refractivity contribution >= 4 is 5.91 Å². The van der Waals surface area contributed by atoms with Gasteiger partial charge in [0.05, 0.1) is 6.26 Å². The summed E-state index contributed by atoms with van der Waals surface area (Å²) < 4.78 is 5.28. The Morgan fingerprint density at radius 3 is 2.64 bits per heavy atom. The molecule has 0 spiro atoms. The summed E-state index contributed by atoms with van der Waals surface area (Å²) >= 11 is 0. The Balaban J connectivity index is 1.53. The van der Waals surface area contributed by atoms with E-state index in [1.165, 1.54) is 11.1 Å². The van der Waals surface area contributed by atoms with Crippen LogP contribution in [-0.2, 0) is 6.42 Å². The van der Waals surface area contributed by atoms with Crippen molar-refractivity contribution in [1.82, 2.24) is 9.80 Å². The van der Waals surface area contributed by atoms with Crippen molar-refractivity contribution in [2.45, 2.75) is 45.7 Å². The predicted molar refractivity (Wildman–Crippen MR) is 99.7 cm³/mol. The Labute approximate surface area is 150 Å². The van der Waals surface area contributed by atoms with Gasteiger partial charge in [-0.1, -0.05) is 24.3 Å². The summed E-state index contributed by atoms with van der Waals surface area (Å²) in [6, 6.07) is 12.7. The molecular weight excluding hydrogens is 312 g/mol. The van der Waals surface area contributed by atoms with Crippen LogP contribution in [0.3, 0.4) is 0 Å². The standard InChI is InChI=1S/C21H28N2O2/c1-16-8-4-5-9-19(16)10-6-12-22-14-18(3)23(15-17(22)2)21(24)20-11-7-13-25-20/h4-5,7-9,11,13,17-18H,6,10,12,14-15H2,1-3H3/t17-,18+/m0/s1. The monoisotopic (exact) mass is 340 g/mol. The summed E-state index contributed by atoms with van der Waals surface area (Å²) in [6.45, 7) is 9.26. The first kappa shape index (κ1) is 17.7. The first-order valence-electron chi connectivity index (χ1n) is 9.19. The fraction of sp³-hybridized carbons (Fsp3) is 0.476. The minimum absolute atomic E-state index is 0.00362. The Kier molecular flexibility index (Phi) is 5.59. The second-order valence-electron chi connectivity index (χ2n) is 7.16. The van der Waals surface area contributed by atoms with Gasteiger partial charge in [0.2, 0.25) is 0 Å². The zero-order valence-corrected chi connectivity index (χ0v) is 15.4. The van der Waals surface area contributed by atoms with Crippen LogP contribution >= 0.6 is 0 Å². The van der Waals surface area contributed by atoms with Gasteiger partial charge in [-0.3, -0.25) is 9.69 Å². The number of piperazine rings is 1. The van der Waals surface area contributed by atoms with Gasteiger partial charge in [-0.15, -0.1) is 0 Å². The first-order chi connectivity index (χ1) is 12.1. The van der Waals surface area contributed by atoms with Crippen molar-refractivity contribution < 1.29 is 9.21 Å². The number of hydrogen-bond donors (Lipinski definition) is 0. The van der Waals surface area contributed by atoms with Gasteiger partial charge in [0, 0.05) is 25.2 Å². The number of aryl methyl sites for hydroxylation is 2. The molecule has 1 saturated heterocycles. The van der Waals surface area contributed by atoms with Crippen molar-refractivity contribution in [3.05, 3.63) is 59.5 Å². The van der Waals surface area contributed by atoms with Gasteiger partial charge in [0.15, 0.2) is 5.76 Å². The molecule has 4 nitrogen and oxygen atoms in total.